The Bertz CT molecular complexity index is 684. The summed E-state index contributed by atoms with van der Waals surface area (Å²) >= 11 is 3.32. The number of hydrogen-bond donors (Lipinski definition) is 0. The van der Waals surface area contributed by atoms with Crippen molar-refractivity contribution in [3.8, 4) is 0 Å². The lowest BCUT2D eigenvalue weighted by Crippen LogP contribution is -2.31. The van der Waals surface area contributed by atoms with Crippen LogP contribution in [0.15, 0.2) is 40.9 Å². The number of amides is 1. The number of benzene rings is 2. The van der Waals surface area contributed by atoms with Gasteiger partial charge < -0.3 is 4.90 Å². The van der Waals surface area contributed by atoms with Gasteiger partial charge in [0.1, 0.15) is 5.82 Å². The summed E-state index contributed by atoms with van der Waals surface area (Å²) in [7, 11) is 0. The molecule has 0 aromatic heterocycles. The average Bonchev–Trinajstić information content (AvgIpc) is 2.46. The topological polar surface area (TPSA) is 20.3 Å². The average molecular weight is 350 g/mol. The van der Waals surface area contributed by atoms with Crippen molar-refractivity contribution in [3.63, 3.8) is 0 Å². The van der Waals surface area contributed by atoms with Gasteiger partial charge in [-0.05, 0) is 72.1 Å². The molecule has 2 aromatic rings. The van der Waals surface area contributed by atoms with Crippen LogP contribution in [-0.4, -0.2) is 12.5 Å². The maximum Gasteiger partial charge on any atom is 0.259 e. The van der Waals surface area contributed by atoms with Gasteiger partial charge >= 0.3 is 0 Å². The Labute approximate surface area is 132 Å². The van der Waals surface area contributed by atoms with Gasteiger partial charge in [-0.15, -0.1) is 0 Å². The quantitative estimate of drug-likeness (QED) is 0.773. The number of halogens is 2. The Morgan fingerprint density at radius 1 is 1.19 bits per heavy atom. The zero-order valence-corrected chi connectivity index (χ0v) is 13.9. The number of rotatable bonds is 3. The van der Waals surface area contributed by atoms with Crippen molar-refractivity contribution in [1.82, 2.24) is 0 Å². The van der Waals surface area contributed by atoms with Gasteiger partial charge in [0.15, 0.2) is 0 Å². The van der Waals surface area contributed by atoms with Crippen LogP contribution in [0.25, 0.3) is 0 Å². The monoisotopic (exact) mass is 349 g/mol. The zero-order chi connectivity index (χ0) is 15.6. The highest BCUT2D eigenvalue weighted by atomic mass is 79.9. The minimum absolute atomic E-state index is 0.211. The molecule has 0 aliphatic heterocycles. The molecule has 4 heteroatoms. The van der Waals surface area contributed by atoms with E-state index in [1.54, 1.807) is 11.0 Å². The second-order valence-corrected chi connectivity index (χ2v) is 5.82. The second kappa shape index (κ2) is 6.39. The van der Waals surface area contributed by atoms with E-state index in [0.717, 1.165) is 16.8 Å². The SMILES string of the molecule is CCN(C(=O)c1cc(F)ccc1Br)c1cc(C)ccc1C. The van der Waals surface area contributed by atoms with Crippen LogP contribution < -0.4 is 4.90 Å². The van der Waals surface area contributed by atoms with Gasteiger partial charge in [-0.1, -0.05) is 12.1 Å². The summed E-state index contributed by atoms with van der Waals surface area (Å²) in [6.45, 7) is 6.38. The molecule has 0 unspecified atom stereocenters. The fourth-order valence-corrected chi connectivity index (χ4v) is 2.66. The molecule has 0 fully saturated rings. The van der Waals surface area contributed by atoms with Crippen LogP contribution in [0.2, 0.25) is 0 Å². The Balaban J connectivity index is 2.48. The standard InChI is InChI=1S/C17H17BrFNO/c1-4-20(16-9-11(2)5-6-12(16)3)17(21)14-10-13(19)7-8-15(14)18/h5-10H,4H2,1-3H3. The molecule has 0 bridgehead atoms. The lowest BCUT2D eigenvalue weighted by molar-refractivity contribution is 0.0987. The van der Waals surface area contributed by atoms with E-state index < -0.39 is 5.82 Å². The number of anilines is 1. The van der Waals surface area contributed by atoms with Crippen LogP contribution in [0, 0.1) is 19.7 Å². The highest BCUT2D eigenvalue weighted by molar-refractivity contribution is 9.10. The number of carbonyl (C=O) groups is 1. The number of carbonyl (C=O) groups excluding carboxylic acids is 1. The van der Waals surface area contributed by atoms with Crippen LogP contribution >= 0.6 is 15.9 Å². The summed E-state index contributed by atoms with van der Waals surface area (Å²) in [5.41, 5.74) is 3.29. The molecule has 1 amide bonds. The Morgan fingerprint density at radius 3 is 2.57 bits per heavy atom. The van der Waals surface area contributed by atoms with E-state index in [4.69, 9.17) is 0 Å². The molecule has 0 spiro atoms. The number of hydrogen-bond acceptors (Lipinski definition) is 1. The highest BCUT2D eigenvalue weighted by Crippen LogP contribution is 2.26. The third-order valence-corrected chi connectivity index (χ3v) is 4.07. The van der Waals surface area contributed by atoms with E-state index in [0.29, 0.717) is 16.6 Å². The summed E-state index contributed by atoms with van der Waals surface area (Å²) in [5.74, 6) is -0.629. The van der Waals surface area contributed by atoms with Crippen LogP contribution in [0.3, 0.4) is 0 Å². The molecular weight excluding hydrogens is 333 g/mol. The summed E-state index contributed by atoms with van der Waals surface area (Å²) in [4.78, 5) is 14.4. The van der Waals surface area contributed by atoms with Gasteiger partial charge in [0, 0.05) is 16.7 Å². The van der Waals surface area contributed by atoms with Gasteiger partial charge in [0.2, 0.25) is 0 Å². The predicted molar refractivity (Wildman–Crippen MR) is 87.4 cm³/mol. The summed E-state index contributed by atoms with van der Waals surface area (Å²) in [6.07, 6.45) is 0. The second-order valence-electron chi connectivity index (χ2n) is 4.96. The van der Waals surface area contributed by atoms with E-state index in [9.17, 15) is 9.18 Å². The molecule has 2 rings (SSSR count). The molecule has 0 atom stereocenters. The zero-order valence-electron chi connectivity index (χ0n) is 12.3. The van der Waals surface area contributed by atoms with Crippen LogP contribution in [-0.2, 0) is 0 Å². The molecule has 0 saturated carbocycles. The van der Waals surface area contributed by atoms with E-state index >= 15 is 0 Å². The summed E-state index contributed by atoms with van der Waals surface area (Å²) in [5, 5.41) is 0. The lowest BCUT2D eigenvalue weighted by atomic mass is 10.1. The molecule has 0 heterocycles. The molecule has 2 aromatic carbocycles. The lowest BCUT2D eigenvalue weighted by Gasteiger charge is -2.24. The van der Waals surface area contributed by atoms with Gasteiger partial charge in [0.05, 0.1) is 5.56 Å². The molecule has 0 aliphatic carbocycles. The van der Waals surface area contributed by atoms with Crippen molar-refractivity contribution in [2.75, 3.05) is 11.4 Å². The van der Waals surface area contributed by atoms with E-state index in [1.807, 2.05) is 39.0 Å². The van der Waals surface area contributed by atoms with Gasteiger partial charge in [-0.2, -0.15) is 0 Å². The Morgan fingerprint density at radius 2 is 1.90 bits per heavy atom. The van der Waals surface area contributed by atoms with Gasteiger partial charge in [0.25, 0.3) is 5.91 Å². The smallest absolute Gasteiger partial charge is 0.259 e. The Kier molecular flexibility index (Phi) is 4.78. The van der Waals surface area contributed by atoms with E-state index in [-0.39, 0.29) is 5.91 Å². The molecule has 0 saturated heterocycles. The first-order chi connectivity index (χ1) is 9.93. The first kappa shape index (κ1) is 15.7. The van der Waals surface area contributed by atoms with Crippen molar-refractivity contribution in [1.29, 1.82) is 0 Å². The third-order valence-electron chi connectivity index (χ3n) is 3.38. The normalized spacial score (nSPS) is 10.5. The Hall–Kier alpha value is -1.68. The largest absolute Gasteiger partial charge is 0.308 e. The predicted octanol–water partition coefficient (Wildman–Crippen LogP) is 4.87. The summed E-state index contributed by atoms with van der Waals surface area (Å²) < 4.78 is 14.0. The van der Waals surface area contributed by atoms with Crippen molar-refractivity contribution in [3.05, 3.63) is 63.4 Å². The molecule has 0 N–H and O–H groups in total. The van der Waals surface area contributed by atoms with Crippen LogP contribution in [0.1, 0.15) is 28.4 Å². The molecular formula is C17H17BrFNO. The van der Waals surface area contributed by atoms with Gasteiger partial charge in [-0.25, -0.2) is 4.39 Å². The molecule has 21 heavy (non-hydrogen) atoms. The molecule has 0 radical (unpaired) electrons. The summed E-state index contributed by atoms with van der Waals surface area (Å²) in [6, 6.07) is 10.1. The fraction of sp³-hybridized carbons (Fsp3) is 0.235. The minimum atomic E-state index is -0.418. The van der Waals surface area contributed by atoms with Crippen LogP contribution in [0.5, 0.6) is 0 Å². The van der Waals surface area contributed by atoms with Crippen molar-refractivity contribution >= 4 is 27.5 Å². The van der Waals surface area contributed by atoms with Crippen molar-refractivity contribution in [2.24, 2.45) is 0 Å². The van der Waals surface area contributed by atoms with Crippen molar-refractivity contribution in [2.45, 2.75) is 20.8 Å². The first-order valence-electron chi connectivity index (χ1n) is 6.78. The van der Waals surface area contributed by atoms with Gasteiger partial charge in [-0.3, -0.25) is 4.79 Å². The van der Waals surface area contributed by atoms with E-state index in [1.165, 1.54) is 12.1 Å². The maximum atomic E-state index is 13.4. The van der Waals surface area contributed by atoms with E-state index in [2.05, 4.69) is 15.9 Å². The molecule has 2 nitrogen and oxygen atoms in total. The highest BCUT2D eigenvalue weighted by Gasteiger charge is 2.20. The number of nitrogens with zero attached hydrogens (tertiary/aromatic N) is 1. The van der Waals surface area contributed by atoms with Crippen LogP contribution in [0.4, 0.5) is 10.1 Å². The first-order valence-corrected chi connectivity index (χ1v) is 7.57. The number of aryl methyl sites for hydroxylation is 2. The molecule has 0 aliphatic rings. The third kappa shape index (κ3) is 3.32. The molecule has 110 valence electrons. The fourth-order valence-electron chi connectivity index (χ4n) is 2.24. The maximum absolute atomic E-state index is 13.4. The minimum Gasteiger partial charge on any atom is -0.308 e. The van der Waals surface area contributed by atoms with Crippen molar-refractivity contribution < 1.29 is 9.18 Å².